The third kappa shape index (κ3) is 2.10. The number of amides is 1. The van der Waals surface area contributed by atoms with Crippen LogP contribution in [0.1, 0.15) is 30.1 Å². The van der Waals surface area contributed by atoms with Gasteiger partial charge in [0.2, 0.25) is 0 Å². The van der Waals surface area contributed by atoms with Crippen LogP contribution in [-0.2, 0) is 0 Å². The van der Waals surface area contributed by atoms with Gasteiger partial charge in [0, 0.05) is 11.6 Å². The lowest BCUT2D eigenvalue weighted by Gasteiger charge is -2.13. The maximum Gasteiger partial charge on any atom is 0.252 e. The smallest absolute Gasteiger partial charge is 0.252 e. The second kappa shape index (κ2) is 4.45. The van der Waals surface area contributed by atoms with Gasteiger partial charge in [-0.15, -0.1) is 0 Å². The second-order valence-corrected chi connectivity index (χ2v) is 5.13. The van der Waals surface area contributed by atoms with Gasteiger partial charge >= 0.3 is 0 Å². The summed E-state index contributed by atoms with van der Waals surface area (Å²) in [6.45, 7) is 2.10. The highest BCUT2D eigenvalue weighted by molar-refractivity contribution is 6.07. The Bertz CT molecular complexity index is 581. The van der Waals surface area contributed by atoms with Crippen molar-refractivity contribution in [3.05, 3.63) is 48.0 Å². The zero-order valence-electron chi connectivity index (χ0n) is 10.5. The molecular formula is C16H17NO. The number of benzene rings is 2. The first kappa shape index (κ1) is 11.3. The molecule has 0 spiro atoms. The van der Waals surface area contributed by atoms with Gasteiger partial charge in [-0.1, -0.05) is 36.4 Å². The molecule has 1 saturated carbocycles. The average Bonchev–Trinajstić information content (AvgIpc) is 3.22. The predicted molar refractivity (Wildman–Crippen MR) is 73.6 cm³/mol. The highest BCUT2D eigenvalue weighted by atomic mass is 16.1. The molecule has 2 heteroatoms. The quantitative estimate of drug-likeness (QED) is 0.874. The SMILES string of the molecule is C[C@H](NC(=O)c1cccc2ccccc12)C1CC1. The Balaban J connectivity index is 1.90. The lowest BCUT2D eigenvalue weighted by molar-refractivity contribution is 0.0937. The number of hydrogen-bond donors (Lipinski definition) is 1. The van der Waals surface area contributed by atoms with E-state index in [1.807, 2.05) is 42.5 Å². The van der Waals surface area contributed by atoms with Gasteiger partial charge in [-0.3, -0.25) is 4.79 Å². The molecule has 3 rings (SSSR count). The first-order chi connectivity index (χ1) is 8.75. The summed E-state index contributed by atoms with van der Waals surface area (Å²) < 4.78 is 0. The van der Waals surface area contributed by atoms with E-state index in [1.54, 1.807) is 0 Å². The van der Waals surface area contributed by atoms with Crippen LogP contribution in [0.4, 0.5) is 0 Å². The summed E-state index contributed by atoms with van der Waals surface area (Å²) in [6, 6.07) is 14.2. The van der Waals surface area contributed by atoms with Crippen molar-refractivity contribution in [1.29, 1.82) is 0 Å². The average molecular weight is 239 g/mol. The largest absolute Gasteiger partial charge is 0.349 e. The molecule has 2 aromatic rings. The Hall–Kier alpha value is -1.83. The maximum absolute atomic E-state index is 12.3. The van der Waals surface area contributed by atoms with Crippen molar-refractivity contribution in [3.63, 3.8) is 0 Å². The Labute approximate surface area is 107 Å². The zero-order chi connectivity index (χ0) is 12.5. The van der Waals surface area contributed by atoms with E-state index in [1.165, 1.54) is 12.8 Å². The molecule has 1 amide bonds. The molecule has 0 saturated heterocycles. The number of fused-ring (bicyclic) bond motifs is 1. The molecule has 0 aromatic heterocycles. The molecule has 2 aromatic carbocycles. The van der Waals surface area contributed by atoms with Crippen LogP contribution in [-0.4, -0.2) is 11.9 Å². The van der Waals surface area contributed by atoms with Crippen molar-refractivity contribution in [1.82, 2.24) is 5.32 Å². The number of carbonyl (C=O) groups excluding carboxylic acids is 1. The van der Waals surface area contributed by atoms with Gasteiger partial charge in [-0.05, 0) is 42.5 Å². The highest BCUT2D eigenvalue weighted by Crippen LogP contribution is 2.32. The van der Waals surface area contributed by atoms with Gasteiger partial charge in [0.1, 0.15) is 0 Å². The van der Waals surface area contributed by atoms with E-state index in [4.69, 9.17) is 0 Å². The van der Waals surface area contributed by atoms with E-state index >= 15 is 0 Å². The topological polar surface area (TPSA) is 29.1 Å². The molecule has 92 valence electrons. The summed E-state index contributed by atoms with van der Waals surface area (Å²) in [6.07, 6.45) is 2.49. The Morgan fingerprint density at radius 1 is 1.17 bits per heavy atom. The zero-order valence-corrected chi connectivity index (χ0v) is 10.5. The third-order valence-corrected chi connectivity index (χ3v) is 3.72. The van der Waals surface area contributed by atoms with E-state index in [2.05, 4.69) is 12.2 Å². The number of carbonyl (C=O) groups is 1. The minimum Gasteiger partial charge on any atom is -0.349 e. The van der Waals surface area contributed by atoms with Crippen LogP contribution in [0, 0.1) is 5.92 Å². The number of rotatable bonds is 3. The fraction of sp³-hybridized carbons (Fsp3) is 0.312. The van der Waals surface area contributed by atoms with Crippen molar-refractivity contribution in [2.45, 2.75) is 25.8 Å². The number of nitrogens with one attached hydrogen (secondary N) is 1. The summed E-state index contributed by atoms with van der Waals surface area (Å²) in [5.41, 5.74) is 0.778. The van der Waals surface area contributed by atoms with Crippen LogP contribution in [0.2, 0.25) is 0 Å². The minimum absolute atomic E-state index is 0.0474. The molecule has 1 fully saturated rings. The Morgan fingerprint density at radius 3 is 2.67 bits per heavy atom. The van der Waals surface area contributed by atoms with Crippen LogP contribution >= 0.6 is 0 Å². The standard InChI is InChI=1S/C16H17NO/c1-11(12-9-10-12)17-16(18)15-8-4-6-13-5-2-3-7-14(13)15/h2-8,11-12H,9-10H2,1H3,(H,17,18)/t11-/m0/s1. The van der Waals surface area contributed by atoms with Gasteiger partial charge in [0.05, 0.1) is 0 Å². The second-order valence-electron chi connectivity index (χ2n) is 5.13. The molecule has 1 aliphatic carbocycles. The van der Waals surface area contributed by atoms with Gasteiger partial charge in [0.15, 0.2) is 0 Å². The van der Waals surface area contributed by atoms with E-state index < -0.39 is 0 Å². The molecular weight excluding hydrogens is 222 g/mol. The van der Waals surface area contributed by atoms with Crippen LogP contribution in [0.15, 0.2) is 42.5 Å². The summed E-state index contributed by atoms with van der Waals surface area (Å²) in [5.74, 6) is 0.732. The molecule has 0 bridgehead atoms. The van der Waals surface area contributed by atoms with Crippen molar-refractivity contribution in [3.8, 4) is 0 Å². The molecule has 18 heavy (non-hydrogen) atoms. The maximum atomic E-state index is 12.3. The van der Waals surface area contributed by atoms with Crippen molar-refractivity contribution in [2.75, 3.05) is 0 Å². The first-order valence-corrected chi connectivity index (χ1v) is 6.54. The van der Waals surface area contributed by atoms with Gasteiger partial charge in [-0.2, -0.15) is 0 Å². The van der Waals surface area contributed by atoms with E-state index in [0.717, 1.165) is 16.3 Å². The van der Waals surface area contributed by atoms with E-state index in [-0.39, 0.29) is 11.9 Å². The predicted octanol–water partition coefficient (Wildman–Crippen LogP) is 3.37. The summed E-state index contributed by atoms with van der Waals surface area (Å²) in [7, 11) is 0. The van der Waals surface area contributed by atoms with Crippen LogP contribution in [0.3, 0.4) is 0 Å². The van der Waals surface area contributed by atoms with Crippen molar-refractivity contribution >= 4 is 16.7 Å². The molecule has 0 unspecified atom stereocenters. The Morgan fingerprint density at radius 2 is 1.89 bits per heavy atom. The lowest BCUT2D eigenvalue weighted by Crippen LogP contribution is -2.34. The summed E-state index contributed by atoms with van der Waals surface area (Å²) in [4.78, 5) is 12.3. The Kier molecular flexibility index (Phi) is 2.78. The number of hydrogen-bond acceptors (Lipinski definition) is 1. The first-order valence-electron chi connectivity index (χ1n) is 6.54. The van der Waals surface area contributed by atoms with Crippen LogP contribution < -0.4 is 5.32 Å². The molecule has 0 heterocycles. The van der Waals surface area contributed by atoms with E-state index in [0.29, 0.717) is 5.92 Å². The lowest BCUT2D eigenvalue weighted by atomic mass is 10.0. The normalized spacial score (nSPS) is 16.5. The van der Waals surface area contributed by atoms with Crippen LogP contribution in [0.5, 0.6) is 0 Å². The molecule has 1 aliphatic rings. The van der Waals surface area contributed by atoms with Gasteiger partial charge < -0.3 is 5.32 Å². The van der Waals surface area contributed by atoms with Crippen molar-refractivity contribution < 1.29 is 4.79 Å². The minimum atomic E-state index is 0.0474. The summed E-state index contributed by atoms with van der Waals surface area (Å²) in [5, 5.41) is 5.25. The van der Waals surface area contributed by atoms with Gasteiger partial charge in [-0.25, -0.2) is 0 Å². The van der Waals surface area contributed by atoms with Gasteiger partial charge in [0.25, 0.3) is 5.91 Å². The fourth-order valence-electron chi connectivity index (χ4n) is 2.42. The monoisotopic (exact) mass is 239 g/mol. The van der Waals surface area contributed by atoms with Crippen LogP contribution in [0.25, 0.3) is 10.8 Å². The fourth-order valence-corrected chi connectivity index (χ4v) is 2.42. The molecule has 1 N–H and O–H groups in total. The summed E-state index contributed by atoms with van der Waals surface area (Å²) >= 11 is 0. The molecule has 1 atom stereocenters. The molecule has 2 nitrogen and oxygen atoms in total. The molecule has 0 radical (unpaired) electrons. The molecule has 0 aliphatic heterocycles. The van der Waals surface area contributed by atoms with Crippen molar-refractivity contribution in [2.24, 2.45) is 5.92 Å². The van der Waals surface area contributed by atoms with E-state index in [9.17, 15) is 4.79 Å². The third-order valence-electron chi connectivity index (χ3n) is 3.72. The highest BCUT2D eigenvalue weighted by Gasteiger charge is 2.29.